The molecule has 4 rings (SSSR count). The number of urea groups is 1. The maximum atomic E-state index is 12.4. The molecule has 1 heterocycles. The fourth-order valence-electron chi connectivity index (χ4n) is 4.66. The van der Waals surface area contributed by atoms with Crippen LogP contribution in [0.5, 0.6) is 0 Å². The van der Waals surface area contributed by atoms with Gasteiger partial charge in [-0.05, 0) is 74.6 Å². The van der Waals surface area contributed by atoms with Crippen LogP contribution in [0.3, 0.4) is 0 Å². The summed E-state index contributed by atoms with van der Waals surface area (Å²) in [7, 11) is 0. The molecule has 0 bridgehead atoms. The largest absolute Gasteiger partial charge is 0.343 e. The van der Waals surface area contributed by atoms with Gasteiger partial charge in [-0.1, -0.05) is 42.0 Å². The minimum Gasteiger partial charge on any atom is -0.343 e. The number of hydrogen-bond donors (Lipinski definition) is 2. The molecule has 164 valence electrons. The Bertz CT molecular complexity index is 919. The van der Waals surface area contributed by atoms with Crippen molar-refractivity contribution < 1.29 is 9.59 Å². The zero-order valence-corrected chi connectivity index (χ0v) is 18.6. The van der Waals surface area contributed by atoms with Crippen molar-refractivity contribution in [1.82, 2.24) is 10.2 Å². The second-order valence-electron chi connectivity index (χ2n) is 9.09. The smallest absolute Gasteiger partial charge is 0.319 e. The molecule has 0 aromatic heterocycles. The number of hydrogen-bond acceptors (Lipinski definition) is 2. The van der Waals surface area contributed by atoms with Gasteiger partial charge in [-0.25, -0.2) is 4.79 Å². The van der Waals surface area contributed by atoms with Crippen molar-refractivity contribution in [3.8, 4) is 0 Å². The van der Waals surface area contributed by atoms with Crippen molar-refractivity contribution in [2.45, 2.75) is 57.9 Å². The second kappa shape index (κ2) is 9.54. The van der Waals surface area contributed by atoms with Crippen molar-refractivity contribution in [1.29, 1.82) is 0 Å². The minimum atomic E-state index is -0.167. The van der Waals surface area contributed by atoms with E-state index in [0.717, 1.165) is 50.0 Å². The first-order valence-electron chi connectivity index (χ1n) is 11.5. The molecule has 1 saturated heterocycles. The van der Waals surface area contributed by atoms with Crippen LogP contribution in [0.4, 0.5) is 10.5 Å². The van der Waals surface area contributed by atoms with E-state index in [1.54, 1.807) is 0 Å². The fourth-order valence-corrected chi connectivity index (χ4v) is 4.66. The van der Waals surface area contributed by atoms with E-state index in [1.807, 2.05) is 29.2 Å². The maximum Gasteiger partial charge on any atom is 0.319 e. The monoisotopic (exact) mass is 419 g/mol. The Labute approximate surface area is 185 Å². The van der Waals surface area contributed by atoms with E-state index in [2.05, 4.69) is 48.7 Å². The second-order valence-corrected chi connectivity index (χ2v) is 9.09. The van der Waals surface area contributed by atoms with Crippen LogP contribution in [-0.4, -0.2) is 36.0 Å². The molecule has 2 fully saturated rings. The van der Waals surface area contributed by atoms with Crippen molar-refractivity contribution in [2.75, 3.05) is 18.4 Å². The average Bonchev–Trinajstić information content (AvgIpc) is 3.38. The Morgan fingerprint density at radius 2 is 1.84 bits per heavy atom. The van der Waals surface area contributed by atoms with Crippen LogP contribution in [0.2, 0.25) is 0 Å². The standard InChI is InChI=1S/C26H33N3O2/c1-18-6-5-7-21(16-18)24-17-23(24)19(2)27-26(31)28-22-11-8-20(9-12-22)10-13-25(30)29-14-3-4-15-29/h5-9,11-12,16,19,23-24H,3-4,10,13-15,17H2,1-2H3,(H2,27,28,31). The van der Waals surface area contributed by atoms with Crippen LogP contribution >= 0.6 is 0 Å². The molecule has 1 saturated carbocycles. The lowest BCUT2D eigenvalue weighted by Gasteiger charge is -2.16. The van der Waals surface area contributed by atoms with Gasteiger partial charge in [0.1, 0.15) is 0 Å². The van der Waals surface area contributed by atoms with Crippen LogP contribution in [0.25, 0.3) is 0 Å². The number of carbonyl (C=O) groups is 2. The lowest BCUT2D eigenvalue weighted by molar-refractivity contribution is -0.130. The van der Waals surface area contributed by atoms with Gasteiger partial charge in [-0.15, -0.1) is 0 Å². The molecular weight excluding hydrogens is 386 g/mol. The average molecular weight is 420 g/mol. The molecule has 3 atom stereocenters. The van der Waals surface area contributed by atoms with Gasteiger partial charge >= 0.3 is 6.03 Å². The van der Waals surface area contributed by atoms with E-state index in [1.165, 1.54) is 11.1 Å². The highest BCUT2D eigenvalue weighted by Gasteiger charge is 2.42. The zero-order chi connectivity index (χ0) is 21.8. The molecule has 2 aromatic rings. The van der Waals surface area contributed by atoms with Crippen LogP contribution < -0.4 is 10.6 Å². The van der Waals surface area contributed by atoms with E-state index in [0.29, 0.717) is 18.3 Å². The molecule has 1 aliphatic heterocycles. The van der Waals surface area contributed by atoms with Crippen LogP contribution in [-0.2, 0) is 11.2 Å². The van der Waals surface area contributed by atoms with Crippen molar-refractivity contribution in [3.05, 3.63) is 65.2 Å². The summed E-state index contributed by atoms with van der Waals surface area (Å²) >= 11 is 0. The summed E-state index contributed by atoms with van der Waals surface area (Å²) in [6.45, 7) is 6.01. The molecule has 0 radical (unpaired) electrons. The number of amides is 3. The summed E-state index contributed by atoms with van der Waals surface area (Å²) < 4.78 is 0. The van der Waals surface area contributed by atoms with Crippen molar-refractivity contribution in [2.24, 2.45) is 5.92 Å². The van der Waals surface area contributed by atoms with Gasteiger partial charge in [0.2, 0.25) is 5.91 Å². The van der Waals surface area contributed by atoms with Gasteiger partial charge in [0.05, 0.1) is 0 Å². The summed E-state index contributed by atoms with van der Waals surface area (Å²) in [4.78, 5) is 26.6. The van der Waals surface area contributed by atoms with Gasteiger partial charge in [0.15, 0.2) is 0 Å². The first-order chi connectivity index (χ1) is 15.0. The molecule has 2 aromatic carbocycles. The highest BCUT2D eigenvalue weighted by molar-refractivity contribution is 5.89. The molecule has 0 spiro atoms. The number of nitrogens with zero attached hydrogens (tertiary/aromatic N) is 1. The lowest BCUT2D eigenvalue weighted by Crippen LogP contribution is -2.37. The SMILES string of the molecule is Cc1cccc(C2CC2C(C)NC(=O)Nc2ccc(CCC(=O)N3CCCC3)cc2)c1. The van der Waals surface area contributed by atoms with Crippen LogP contribution in [0, 0.1) is 12.8 Å². The van der Waals surface area contributed by atoms with E-state index in [9.17, 15) is 9.59 Å². The number of anilines is 1. The Kier molecular flexibility index (Phi) is 6.59. The summed E-state index contributed by atoms with van der Waals surface area (Å²) in [5.74, 6) is 1.28. The molecule has 3 unspecified atom stereocenters. The summed E-state index contributed by atoms with van der Waals surface area (Å²) in [6.07, 6.45) is 4.66. The molecular formula is C26H33N3O2. The quantitative estimate of drug-likeness (QED) is 0.673. The number of benzene rings is 2. The van der Waals surface area contributed by atoms with E-state index < -0.39 is 0 Å². The fraction of sp³-hybridized carbons (Fsp3) is 0.462. The van der Waals surface area contributed by atoms with Crippen LogP contribution in [0.15, 0.2) is 48.5 Å². The molecule has 31 heavy (non-hydrogen) atoms. The number of likely N-dealkylation sites (tertiary alicyclic amines) is 1. The lowest BCUT2D eigenvalue weighted by atomic mass is 10.0. The summed E-state index contributed by atoms with van der Waals surface area (Å²) in [5, 5.41) is 6.02. The predicted molar refractivity (Wildman–Crippen MR) is 124 cm³/mol. The van der Waals surface area contributed by atoms with Gasteiger partial charge < -0.3 is 15.5 Å². The normalized spacial score (nSPS) is 20.9. The zero-order valence-electron chi connectivity index (χ0n) is 18.6. The third-order valence-electron chi connectivity index (χ3n) is 6.61. The van der Waals surface area contributed by atoms with Crippen molar-refractivity contribution >= 4 is 17.6 Å². The Morgan fingerprint density at radius 3 is 2.55 bits per heavy atom. The molecule has 5 nitrogen and oxygen atoms in total. The van der Waals surface area contributed by atoms with Gasteiger partial charge in [-0.2, -0.15) is 0 Å². The number of aryl methyl sites for hydroxylation is 2. The number of rotatable bonds is 7. The molecule has 2 aliphatic rings. The van der Waals surface area contributed by atoms with Gasteiger partial charge in [0, 0.05) is 31.2 Å². The number of nitrogens with one attached hydrogen (secondary N) is 2. The molecule has 3 amide bonds. The Balaban J connectivity index is 1.21. The maximum absolute atomic E-state index is 12.4. The Morgan fingerprint density at radius 1 is 1.10 bits per heavy atom. The van der Waals surface area contributed by atoms with Gasteiger partial charge in [0.25, 0.3) is 0 Å². The molecule has 5 heteroatoms. The van der Waals surface area contributed by atoms with Gasteiger partial charge in [-0.3, -0.25) is 4.79 Å². The molecule has 2 N–H and O–H groups in total. The third-order valence-corrected chi connectivity index (χ3v) is 6.61. The van der Waals surface area contributed by atoms with E-state index in [4.69, 9.17) is 0 Å². The Hall–Kier alpha value is -2.82. The molecule has 1 aliphatic carbocycles. The predicted octanol–water partition coefficient (Wildman–Crippen LogP) is 4.86. The van der Waals surface area contributed by atoms with Crippen molar-refractivity contribution in [3.63, 3.8) is 0 Å². The summed E-state index contributed by atoms with van der Waals surface area (Å²) in [6, 6.07) is 16.4. The first kappa shape index (κ1) is 21.4. The topological polar surface area (TPSA) is 61.4 Å². The number of carbonyl (C=O) groups excluding carboxylic acids is 2. The first-order valence-corrected chi connectivity index (χ1v) is 11.5. The van der Waals surface area contributed by atoms with Crippen LogP contribution in [0.1, 0.15) is 55.2 Å². The van der Waals surface area contributed by atoms with E-state index >= 15 is 0 Å². The summed E-state index contributed by atoms with van der Waals surface area (Å²) in [5.41, 5.74) is 4.54. The third kappa shape index (κ3) is 5.66. The highest BCUT2D eigenvalue weighted by Crippen LogP contribution is 2.49. The highest BCUT2D eigenvalue weighted by atomic mass is 16.2. The van der Waals surface area contributed by atoms with E-state index in [-0.39, 0.29) is 18.0 Å². The minimum absolute atomic E-state index is 0.126.